The number of rotatable bonds is 5. The normalized spacial score (nSPS) is 10.6. The van der Waals surface area contributed by atoms with Crippen LogP contribution in [0.2, 0.25) is 0 Å². The van der Waals surface area contributed by atoms with Crippen LogP contribution in [0, 0.1) is 12.7 Å². The molecule has 24 heavy (non-hydrogen) atoms. The van der Waals surface area contributed by atoms with Crippen LogP contribution in [0.25, 0.3) is 11.1 Å². The Kier molecular flexibility index (Phi) is 4.95. The number of anilines is 2. The number of halogens is 1. The van der Waals surface area contributed by atoms with Gasteiger partial charge in [0.2, 0.25) is 0 Å². The van der Waals surface area contributed by atoms with E-state index < -0.39 is 0 Å². The summed E-state index contributed by atoms with van der Waals surface area (Å²) in [6, 6.07) is 22.0. The quantitative estimate of drug-likeness (QED) is 0.566. The highest BCUT2D eigenvalue weighted by molar-refractivity contribution is 5.72. The van der Waals surface area contributed by atoms with Crippen molar-refractivity contribution in [2.45, 2.75) is 26.7 Å². The maximum Gasteiger partial charge on any atom is 0.149 e. The zero-order valence-electron chi connectivity index (χ0n) is 14.1. The highest BCUT2D eigenvalue weighted by Gasteiger charge is 2.12. The van der Waals surface area contributed by atoms with Crippen LogP contribution >= 0.6 is 0 Å². The SMILES string of the molecule is CCCc1cc(-c2ccccc2)cc(Nc2ccc(C)cc2)c1F. The predicted octanol–water partition coefficient (Wildman–Crippen LogP) is 6.50. The van der Waals surface area contributed by atoms with Crippen LogP contribution in [0.1, 0.15) is 24.5 Å². The standard InChI is InChI=1S/C22H22FN/c1-3-7-18-14-19(17-8-5-4-6-9-17)15-21(22(18)23)24-20-12-10-16(2)11-13-20/h4-6,8-15,24H,3,7H2,1-2H3. The second kappa shape index (κ2) is 7.31. The summed E-state index contributed by atoms with van der Waals surface area (Å²) in [6.45, 7) is 4.11. The van der Waals surface area contributed by atoms with Crippen LogP contribution in [-0.2, 0) is 6.42 Å². The Morgan fingerprint density at radius 3 is 2.25 bits per heavy atom. The molecule has 3 aromatic rings. The largest absolute Gasteiger partial charge is 0.353 e. The van der Waals surface area contributed by atoms with E-state index in [1.54, 1.807) is 0 Å². The molecule has 0 amide bonds. The lowest BCUT2D eigenvalue weighted by Gasteiger charge is -2.14. The van der Waals surface area contributed by atoms with Crippen molar-refractivity contribution in [1.29, 1.82) is 0 Å². The number of benzene rings is 3. The third kappa shape index (κ3) is 3.65. The van der Waals surface area contributed by atoms with E-state index in [0.29, 0.717) is 5.69 Å². The maximum atomic E-state index is 14.9. The van der Waals surface area contributed by atoms with Crippen molar-refractivity contribution in [3.05, 3.63) is 83.7 Å². The molecule has 122 valence electrons. The number of aryl methyl sites for hydroxylation is 2. The van der Waals surface area contributed by atoms with Gasteiger partial charge in [-0.25, -0.2) is 4.39 Å². The first-order valence-corrected chi connectivity index (χ1v) is 8.39. The third-order valence-electron chi connectivity index (χ3n) is 4.11. The highest BCUT2D eigenvalue weighted by Crippen LogP contribution is 2.30. The Balaban J connectivity index is 2.03. The molecule has 0 aliphatic rings. The topological polar surface area (TPSA) is 12.0 Å². The van der Waals surface area contributed by atoms with E-state index in [1.807, 2.05) is 61.5 Å². The molecule has 0 atom stereocenters. The van der Waals surface area contributed by atoms with Crippen molar-refractivity contribution in [3.8, 4) is 11.1 Å². The van der Waals surface area contributed by atoms with Gasteiger partial charge in [0.25, 0.3) is 0 Å². The van der Waals surface area contributed by atoms with Crippen molar-refractivity contribution in [2.75, 3.05) is 5.32 Å². The molecule has 0 heterocycles. The number of hydrogen-bond donors (Lipinski definition) is 1. The molecule has 2 heteroatoms. The van der Waals surface area contributed by atoms with Gasteiger partial charge in [0, 0.05) is 5.69 Å². The van der Waals surface area contributed by atoms with Gasteiger partial charge in [-0.2, -0.15) is 0 Å². The van der Waals surface area contributed by atoms with Gasteiger partial charge in [0.15, 0.2) is 0 Å². The Labute approximate surface area is 143 Å². The molecule has 0 saturated carbocycles. The zero-order chi connectivity index (χ0) is 16.9. The second-order valence-electron chi connectivity index (χ2n) is 6.10. The average molecular weight is 319 g/mol. The Morgan fingerprint density at radius 2 is 1.58 bits per heavy atom. The summed E-state index contributed by atoms with van der Waals surface area (Å²) in [5, 5.41) is 3.23. The van der Waals surface area contributed by atoms with Gasteiger partial charge in [-0.15, -0.1) is 0 Å². The van der Waals surface area contributed by atoms with Crippen molar-refractivity contribution in [3.63, 3.8) is 0 Å². The first-order chi connectivity index (χ1) is 11.7. The minimum absolute atomic E-state index is 0.155. The van der Waals surface area contributed by atoms with Gasteiger partial charge >= 0.3 is 0 Å². The summed E-state index contributed by atoms with van der Waals surface area (Å²) >= 11 is 0. The van der Waals surface area contributed by atoms with E-state index in [4.69, 9.17) is 0 Å². The lowest BCUT2D eigenvalue weighted by Crippen LogP contribution is -1.99. The second-order valence-corrected chi connectivity index (χ2v) is 6.10. The van der Waals surface area contributed by atoms with E-state index in [9.17, 15) is 4.39 Å². The first kappa shape index (κ1) is 16.3. The van der Waals surface area contributed by atoms with Crippen LogP contribution in [0.4, 0.5) is 15.8 Å². The van der Waals surface area contributed by atoms with Gasteiger partial charge in [0.05, 0.1) is 5.69 Å². The van der Waals surface area contributed by atoms with Gasteiger partial charge in [-0.1, -0.05) is 61.4 Å². The molecular weight excluding hydrogens is 297 g/mol. The van der Waals surface area contributed by atoms with Gasteiger partial charge in [-0.05, 0) is 54.3 Å². The smallest absolute Gasteiger partial charge is 0.149 e. The average Bonchev–Trinajstić information content (AvgIpc) is 2.61. The molecule has 1 nitrogen and oxygen atoms in total. The predicted molar refractivity (Wildman–Crippen MR) is 100 cm³/mol. The minimum atomic E-state index is -0.155. The Bertz CT molecular complexity index is 807. The molecule has 0 radical (unpaired) electrons. The van der Waals surface area contributed by atoms with Crippen LogP contribution in [-0.4, -0.2) is 0 Å². The third-order valence-corrected chi connectivity index (χ3v) is 4.11. The molecule has 0 unspecified atom stereocenters. The fraction of sp³-hybridized carbons (Fsp3) is 0.182. The van der Waals surface area contributed by atoms with Crippen molar-refractivity contribution >= 4 is 11.4 Å². The summed E-state index contributed by atoms with van der Waals surface area (Å²) in [6.07, 6.45) is 1.65. The Hall–Kier alpha value is -2.61. The molecule has 0 aliphatic carbocycles. The number of hydrogen-bond acceptors (Lipinski definition) is 1. The summed E-state index contributed by atoms with van der Waals surface area (Å²) < 4.78 is 14.9. The minimum Gasteiger partial charge on any atom is -0.353 e. The van der Waals surface area contributed by atoms with Crippen molar-refractivity contribution < 1.29 is 4.39 Å². The molecule has 3 rings (SSSR count). The van der Waals surface area contributed by atoms with Gasteiger partial charge in [0.1, 0.15) is 5.82 Å². The molecule has 0 aliphatic heterocycles. The van der Waals surface area contributed by atoms with Gasteiger partial charge < -0.3 is 5.32 Å². The van der Waals surface area contributed by atoms with E-state index in [0.717, 1.165) is 35.2 Å². The lowest BCUT2D eigenvalue weighted by molar-refractivity contribution is 0.611. The Morgan fingerprint density at radius 1 is 0.875 bits per heavy atom. The highest BCUT2D eigenvalue weighted by atomic mass is 19.1. The van der Waals surface area contributed by atoms with Crippen LogP contribution in [0.3, 0.4) is 0 Å². The van der Waals surface area contributed by atoms with E-state index in [-0.39, 0.29) is 5.82 Å². The fourth-order valence-electron chi connectivity index (χ4n) is 2.82. The van der Waals surface area contributed by atoms with Crippen LogP contribution < -0.4 is 5.32 Å². The number of nitrogens with one attached hydrogen (secondary N) is 1. The summed E-state index contributed by atoms with van der Waals surface area (Å²) in [5.74, 6) is -0.155. The monoisotopic (exact) mass is 319 g/mol. The lowest BCUT2D eigenvalue weighted by atomic mass is 9.99. The van der Waals surface area contributed by atoms with E-state index >= 15 is 0 Å². The molecule has 0 aromatic heterocycles. The molecule has 3 aromatic carbocycles. The van der Waals surface area contributed by atoms with E-state index in [1.165, 1.54) is 5.56 Å². The van der Waals surface area contributed by atoms with Crippen molar-refractivity contribution in [2.24, 2.45) is 0 Å². The zero-order valence-corrected chi connectivity index (χ0v) is 14.1. The van der Waals surface area contributed by atoms with Crippen molar-refractivity contribution in [1.82, 2.24) is 0 Å². The summed E-state index contributed by atoms with van der Waals surface area (Å²) in [5.41, 5.74) is 5.51. The van der Waals surface area contributed by atoms with Crippen LogP contribution in [0.5, 0.6) is 0 Å². The molecule has 0 spiro atoms. The summed E-state index contributed by atoms with van der Waals surface area (Å²) in [4.78, 5) is 0. The van der Waals surface area contributed by atoms with E-state index in [2.05, 4.69) is 24.4 Å². The molecule has 0 saturated heterocycles. The molecule has 0 fully saturated rings. The first-order valence-electron chi connectivity index (χ1n) is 8.39. The fourth-order valence-corrected chi connectivity index (χ4v) is 2.82. The molecule has 0 bridgehead atoms. The molecular formula is C22H22FN. The van der Waals surface area contributed by atoms with Gasteiger partial charge in [-0.3, -0.25) is 0 Å². The molecule has 1 N–H and O–H groups in total. The summed E-state index contributed by atoms with van der Waals surface area (Å²) in [7, 11) is 0. The van der Waals surface area contributed by atoms with Crippen LogP contribution in [0.15, 0.2) is 66.7 Å². The maximum absolute atomic E-state index is 14.9.